The van der Waals surface area contributed by atoms with Crippen LogP contribution in [0.25, 0.3) is 27.5 Å². The molecule has 30 heavy (non-hydrogen) atoms. The molecule has 0 fully saturated rings. The second-order valence-corrected chi connectivity index (χ2v) is 8.97. The van der Waals surface area contributed by atoms with Crippen LogP contribution < -0.4 is 0 Å². The van der Waals surface area contributed by atoms with E-state index in [2.05, 4.69) is 10.2 Å². The average molecular weight is 450 g/mol. The molecule has 1 aromatic heterocycles. The molecule has 3 aromatic carbocycles. The van der Waals surface area contributed by atoms with Crippen LogP contribution in [-0.2, 0) is 20.2 Å². The minimum absolute atomic E-state index is 0.00316. The molecule has 14 heteroatoms. The number of hydrogen-bond acceptors (Lipinski definition) is 8. The van der Waals surface area contributed by atoms with Gasteiger partial charge in [0.25, 0.3) is 25.9 Å². The number of hydrogen-bond donors (Lipinski definition) is 2. The number of non-ortho nitro benzene ring substituents is 1. The maximum absolute atomic E-state index is 11.8. The molecule has 2 N–H and O–H groups in total. The average Bonchev–Trinajstić information content (AvgIpc) is 3.10. The Bertz CT molecular complexity index is 1560. The van der Waals surface area contributed by atoms with Crippen LogP contribution in [0.3, 0.4) is 0 Å². The SMILES string of the molecule is O=[N+]([O-])c1ccc(-n2nc3ccc4c(S(=O)(=O)O)cc(S(=O)(=O)O)cc4c3n2)cc1. The maximum atomic E-state index is 11.8. The van der Waals surface area contributed by atoms with Gasteiger partial charge < -0.3 is 0 Å². The van der Waals surface area contributed by atoms with E-state index >= 15 is 0 Å². The summed E-state index contributed by atoms with van der Waals surface area (Å²) in [6.45, 7) is 0. The molecule has 12 nitrogen and oxygen atoms in total. The van der Waals surface area contributed by atoms with Crippen molar-refractivity contribution in [1.82, 2.24) is 15.0 Å². The van der Waals surface area contributed by atoms with Crippen LogP contribution in [0.15, 0.2) is 58.3 Å². The Labute approximate surface area is 168 Å². The molecule has 0 atom stereocenters. The lowest BCUT2D eigenvalue weighted by Gasteiger charge is -2.07. The van der Waals surface area contributed by atoms with Crippen molar-refractivity contribution in [3.05, 3.63) is 58.6 Å². The van der Waals surface area contributed by atoms with Gasteiger partial charge in [-0.2, -0.15) is 21.6 Å². The van der Waals surface area contributed by atoms with E-state index in [1.807, 2.05) is 0 Å². The third-order valence-corrected chi connectivity index (χ3v) is 6.01. The van der Waals surface area contributed by atoms with Crippen molar-refractivity contribution in [3.63, 3.8) is 0 Å². The van der Waals surface area contributed by atoms with Crippen molar-refractivity contribution in [1.29, 1.82) is 0 Å². The normalized spacial score (nSPS) is 12.5. The standard InChI is InChI=1S/C16H10N4O8S2/c21-20(22)10-3-1-9(2-4-10)19-17-14-6-5-12-13(16(14)18-19)7-11(29(23,24)25)8-15(12)30(26,27)28/h1-8H,(H,23,24,25)(H,26,27,28). The van der Waals surface area contributed by atoms with Crippen molar-refractivity contribution >= 4 is 47.7 Å². The van der Waals surface area contributed by atoms with E-state index in [4.69, 9.17) is 0 Å². The minimum Gasteiger partial charge on any atom is -0.282 e. The molecule has 0 bridgehead atoms. The third kappa shape index (κ3) is 3.37. The summed E-state index contributed by atoms with van der Waals surface area (Å²) in [6, 6.07) is 9.65. The molecule has 0 spiro atoms. The fraction of sp³-hybridized carbons (Fsp3) is 0. The summed E-state index contributed by atoms with van der Waals surface area (Å²) in [6.07, 6.45) is 0. The highest BCUT2D eigenvalue weighted by atomic mass is 32.2. The zero-order valence-corrected chi connectivity index (χ0v) is 16.2. The van der Waals surface area contributed by atoms with Gasteiger partial charge in [-0.15, -0.1) is 10.2 Å². The predicted octanol–water partition coefficient (Wildman–Crippen LogP) is 1.98. The quantitative estimate of drug-likeness (QED) is 0.265. The van der Waals surface area contributed by atoms with Gasteiger partial charge in [0, 0.05) is 22.9 Å². The Morgan fingerprint density at radius 2 is 1.53 bits per heavy atom. The second kappa shape index (κ2) is 6.53. The maximum Gasteiger partial charge on any atom is 0.295 e. The number of benzene rings is 3. The molecule has 0 aliphatic carbocycles. The molecule has 0 saturated heterocycles. The van der Waals surface area contributed by atoms with Gasteiger partial charge in [-0.3, -0.25) is 19.2 Å². The Kier molecular flexibility index (Phi) is 4.32. The Morgan fingerprint density at radius 3 is 2.10 bits per heavy atom. The summed E-state index contributed by atoms with van der Waals surface area (Å²) < 4.78 is 65.6. The number of nitrogens with zero attached hydrogens (tertiary/aromatic N) is 4. The molecule has 4 rings (SSSR count). The number of nitro benzene ring substituents is 1. The van der Waals surface area contributed by atoms with Crippen molar-refractivity contribution in [3.8, 4) is 5.69 Å². The van der Waals surface area contributed by atoms with Gasteiger partial charge in [-0.25, -0.2) is 0 Å². The summed E-state index contributed by atoms with van der Waals surface area (Å²) in [4.78, 5) is 9.87. The monoisotopic (exact) mass is 450 g/mol. The lowest BCUT2D eigenvalue weighted by molar-refractivity contribution is -0.384. The summed E-state index contributed by atoms with van der Waals surface area (Å²) in [7, 11) is -9.63. The van der Waals surface area contributed by atoms with Gasteiger partial charge >= 0.3 is 0 Å². The van der Waals surface area contributed by atoms with E-state index < -0.39 is 35.0 Å². The van der Waals surface area contributed by atoms with Gasteiger partial charge in [0.2, 0.25) is 0 Å². The van der Waals surface area contributed by atoms with Crippen LogP contribution in [0.4, 0.5) is 5.69 Å². The highest BCUT2D eigenvalue weighted by Crippen LogP contribution is 2.31. The van der Waals surface area contributed by atoms with Crippen LogP contribution in [0.5, 0.6) is 0 Å². The van der Waals surface area contributed by atoms with E-state index in [0.717, 1.165) is 10.9 Å². The molecule has 4 aromatic rings. The molecule has 0 aliphatic rings. The Balaban J connectivity index is 2.02. The lowest BCUT2D eigenvalue weighted by Crippen LogP contribution is -2.04. The summed E-state index contributed by atoms with van der Waals surface area (Å²) >= 11 is 0. The van der Waals surface area contributed by atoms with Gasteiger partial charge in [0.1, 0.15) is 15.9 Å². The first-order chi connectivity index (χ1) is 13.9. The van der Waals surface area contributed by atoms with Gasteiger partial charge in [-0.05, 0) is 30.3 Å². The topological polar surface area (TPSA) is 183 Å². The zero-order valence-electron chi connectivity index (χ0n) is 14.6. The van der Waals surface area contributed by atoms with Crippen molar-refractivity contribution in [2.75, 3.05) is 0 Å². The van der Waals surface area contributed by atoms with E-state index in [1.165, 1.54) is 36.4 Å². The van der Waals surface area contributed by atoms with Gasteiger partial charge in [0.05, 0.1) is 15.5 Å². The van der Waals surface area contributed by atoms with Gasteiger partial charge in [0.15, 0.2) is 0 Å². The minimum atomic E-state index is -4.83. The van der Waals surface area contributed by atoms with Crippen molar-refractivity contribution in [2.45, 2.75) is 9.79 Å². The van der Waals surface area contributed by atoms with E-state index in [1.54, 1.807) is 0 Å². The first kappa shape index (κ1) is 19.8. The predicted molar refractivity (Wildman–Crippen MR) is 103 cm³/mol. The molecule has 0 saturated carbocycles. The van der Waals surface area contributed by atoms with Crippen molar-refractivity contribution in [2.24, 2.45) is 0 Å². The molecule has 0 amide bonds. The fourth-order valence-corrected chi connectivity index (χ4v) is 4.28. The zero-order chi connectivity index (χ0) is 21.8. The van der Waals surface area contributed by atoms with Crippen LogP contribution in [0, 0.1) is 10.1 Å². The molecule has 0 unspecified atom stereocenters. The Hall–Kier alpha value is -3.46. The molecule has 0 aliphatic heterocycles. The molecular formula is C16H10N4O8S2. The van der Waals surface area contributed by atoms with E-state index in [9.17, 15) is 36.1 Å². The molecule has 154 valence electrons. The second-order valence-electron chi connectivity index (χ2n) is 6.16. The number of nitro groups is 1. The van der Waals surface area contributed by atoms with Crippen LogP contribution in [0.2, 0.25) is 0 Å². The van der Waals surface area contributed by atoms with Crippen molar-refractivity contribution < 1.29 is 30.9 Å². The Morgan fingerprint density at radius 1 is 0.867 bits per heavy atom. The molecule has 1 heterocycles. The summed E-state index contributed by atoms with van der Waals surface area (Å²) in [5.41, 5.74) is 0.540. The van der Waals surface area contributed by atoms with Crippen LogP contribution in [0.1, 0.15) is 0 Å². The largest absolute Gasteiger partial charge is 0.295 e. The smallest absolute Gasteiger partial charge is 0.282 e. The van der Waals surface area contributed by atoms with Gasteiger partial charge in [-0.1, -0.05) is 6.07 Å². The number of aromatic nitrogens is 3. The molecule has 0 radical (unpaired) electrons. The first-order valence-corrected chi connectivity index (χ1v) is 10.9. The number of rotatable bonds is 4. The first-order valence-electron chi connectivity index (χ1n) is 7.99. The molecular weight excluding hydrogens is 440 g/mol. The van der Waals surface area contributed by atoms with E-state index in [0.29, 0.717) is 11.8 Å². The highest BCUT2D eigenvalue weighted by Gasteiger charge is 2.22. The lowest BCUT2D eigenvalue weighted by atomic mass is 10.1. The number of fused-ring (bicyclic) bond motifs is 3. The van der Waals surface area contributed by atoms with E-state index in [-0.39, 0.29) is 27.5 Å². The van der Waals surface area contributed by atoms with Crippen LogP contribution in [-0.4, -0.2) is 45.9 Å². The summed E-state index contributed by atoms with van der Waals surface area (Å²) in [5, 5.41) is 19.2. The highest BCUT2D eigenvalue weighted by molar-refractivity contribution is 7.86. The summed E-state index contributed by atoms with van der Waals surface area (Å²) in [5.74, 6) is 0. The fourth-order valence-electron chi connectivity index (χ4n) is 2.94. The van der Waals surface area contributed by atoms with Crippen LogP contribution >= 0.6 is 0 Å². The third-order valence-electron chi connectivity index (χ3n) is 4.29.